The Morgan fingerprint density at radius 2 is 1.13 bits per heavy atom. The Kier molecular flexibility index (Phi) is 6.22. The van der Waals surface area contributed by atoms with Crippen molar-refractivity contribution in [2.24, 2.45) is 0 Å². The minimum atomic E-state index is -0.226. The zero-order chi connectivity index (χ0) is 21.6. The van der Waals surface area contributed by atoms with Gasteiger partial charge in [0, 0.05) is 24.3 Å². The predicted octanol–water partition coefficient (Wildman–Crippen LogP) is 5.21. The van der Waals surface area contributed by atoms with Crippen LogP contribution < -0.4 is 4.90 Å². The molecule has 0 unspecified atom stereocenters. The molecular weight excluding hydrogens is 388 g/mol. The molecule has 1 heterocycles. The highest BCUT2D eigenvalue weighted by molar-refractivity contribution is 6.21. The molecule has 3 aromatic rings. The first-order valence-corrected chi connectivity index (χ1v) is 10.5. The van der Waals surface area contributed by atoms with Crippen molar-refractivity contribution in [1.82, 2.24) is 4.90 Å². The summed E-state index contributed by atoms with van der Waals surface area (Å²) in [6, 6.07) is 26.1. The molecular formula is C26H24N2O3. The van der Waals surface area contributed by atoms with E-state index in [2.05, 4.69) is 0 Å². The number of hydrogen-bond donors (Lipinski definition) is 0. The fourth-order valence-electron chi connectivity index (χ4n) is 3.87. The van der Waals surface area contributed by atoms with Crippen LogP contribution in [0.2, 0.25) is 0 Å². The third-order valence-corrected chi connectivity index (χ3v) is 5.43. The largest absolute Gasteiger partial charge is 0.281 e. The number of nitrogens with zero attached hydrogens (tertiary/aromatic N) is 2. The molecule has 1 aliphatic rings. The van der Waals surface area contributed by atoms with Gasteiger partial charge in [0.2, 0.25) is 5.91 Å². The number of rotatable bonds is 8. The van der Waals surface area contributed by atoms with Crippen molar-refractivity contribution in [1.29, 1.82) is 0 Å². The van der Waals surface area contributed by atoms with Gasteiger partial charge in [0.1, 0.15) is 0 Å². The topological polar surface area (TPSA) is 57.7 Å². The van der Waals surface area contributed by atoms with Crippen LogP contribution in [0.25, 0.3) is 0 Å². The summed E-state index contributed by atoms with van der Waals surface area (Å²) in [5.74, 6) is -0.426. The van der Waals surface area contributed by atoms with Gasteiger partial charge in [0.05, 0.1) is 11.1 Å². The van der Waals surface area contributed by atoms with Gasteiger partial charge in [-0.05, 0) is 49.2 Å². The fraction of sp³-hybridized carbons (Fsp3) is 0.192. The second-order valence-electron chi connectivity index (χ2n) is 7.52. The highest BCUT2D eigenvalue weighted by Crippen LogP contribution is 2.27. The smallest absolute Gasteiger partial charge is 0.261 e. The van der Waals surface area contributed by atoms with E-state index in [1.165, 1.54) is 4.90 Å². The molecule has 4 rings (SSSR count). The quantitative estimate of drug-likeness (QED) is 0.377. The van der Waals surface area contributed by atoms with Crippen LogP contribution in [-0.2, 0) is 4.79 Å². The zero-order valence-corrected chi connectivity index (χ0v) is 17.2. The second-order valence-corrected chi connectivity index (χ2v) is 7.52. The van der Waals surface area contributed by atoms with E-state index in [1.54, 1.807) is 29.2 Å². The number of imide groups is 1. The Labute approximate surface area is 181 Å². The molecule has 1 aliphatic heterocycles. The van der Waals surface area contributed by atoms with Gasteiger partial charge >= 0.3 is 0 Å². The third kappa shape index (κ3) is 4.40. The summed E-state index contributed by atoms with van der Waals surface area (Å²) >= 11 is 0. The number of benzene rings is 3. The molecule has 31 heavy (non-hydrogen) atoms. The monoisotopic (exact) mass is 412 g/mol. The zero-order valence-electron chi connectivity index (χ0n) is 17.2. The maximum atomic E-state index is 13.0. The van der Waals surface area contributed by atoms with Crippen LogP contribution >= 0.6 is 0 Å². The SMILES string of the molecule is O=C1c2ccccc2C(=O)N1CCCCCC(=O)N(c1ccccc1)c1ccccc1. The van der Waals surface area contributed by atoms with Gasteiger partial charge < -0.3 is 0 Å². The minimum Gasteiger partial charge on any atom is -0.281 e. The maximum Gasteiger partial charge on any atom is 0.261 e. The Morgan fingerprint density at radius 3 is 1.65 bits per heavy atom. The third-order valence-electron chi connectivity index (χ3n) is 5.43. The molecule has 0 atom stereocenters. The Bertz CT molecular complexity index is 1010. The van der Waals surface area contributed by atoms with Crippen LogP contribution in [0.4, 0.5) is 11.4 Å². The molecule has 0 saturated heterocycles. The number of carbonyl (C=O) groups excluding carboxylic acids is 3. The van der Waals surface area contributed by atoms with E-state index in [0.29, 0.717) is 36.9 Å². The average molecular weight is 412 g/mol. The maximum absolute atomic E-state index is 13.0. The van der Waals surface area contributed by atoms with Crippen LogP contribution in [0.1, 0.15) is 46.4 Å². The number of para-hydroxylation sites is 2. The lowest BCUT2D eigenvalue weighted by molar-refractivity contribution is -0.118. The van der Waals surface area contributed by atoms with Gasteiger partial charge in [-0.1, -0.05) is 55.0 Å². The number of hydrogen-bond acceptors (Lipinski definition) is 3. The highest BCUT2D eigenvalue weighted by Gasteiger charge is 2.34. The van der Waals surface area contributed by atoms with Crippen molar-refractivity contribution in [3.63, 3.8) is 0 Å². The van der Waals surface area contributed by atoms with Crippen molar-refractivity contribution in [3.8, 4) is 0 Å². The summed E-state index contributed by atoms with van der Waals surface area (Å²) in [6.07, 6.45) is 2.52. The summed E-state index contributed by atoms with van der Waals surface area (Å²) in [5, 5.41) is 0. The van der Waals surface area contributed by atoms with E-state index < -0.39 is 0 Å². The number of fused-ring (bicyclic) bond motifs is 1. The molecule has 156 valence electrons. The first-order chi connectivity index (χ1) is 15.2. The Morgan fingerprint density at radius 1 is 0.645 bits per heavy atom. The van der Waals surface area contributed by atoms with Gasteiger partial charge in [-0.25, -0.2) is 0 Å². The van der Waals surface area contributed by atoms with Crippen molar-refractivity contribution in [2.75, 3.05) is 11.4 Å². The lowest BCUT2D eigenvalue weighted by Gasteiger charge is -2.23. The van der Waals surface area contributed by atoms with Gasteiger partial charge in [-0.3, -0.25) is 24.2 Å². The summed E-state index contributed by atoms with van der Waals surface area (Å²) in [6.45, 7) is 0.377. The minimum absolute atomic E-state index is 0.0260. The summed E-state index contributed by atoms with van der Waals surface area (Å²) < 4.78 is 0. The molecule has 0 bridgehead atoms. The van der Waals surface area contributed by atoms with Crippen LogP contribution in [0.5, 0.6) is 0 Å². The molecule has 0 aromatic heterocycles. The van der Waals surface area contributed by atoms with Crippen molar-refractivity contribution in [2.45, 2.75) is 25.7 Å². The second kappa shape index (κ2) is 9.39. The van der Waals surface area contributed by atoms with Crippen molar-refractivity contribution >= 4 is 29.1 Å². The van der Waals surface area contributed by atoms with Gasteiger partial charge in [-0.2, -0.15) is 0 Å². The lowest BCUT2D eigenvalue weighted by atomic mass is 10.1. The van der Waals surface area contributed by atoms with E-state index in [9.17, 15) is 14.4 Å². The molecule has 5 heteroatoms. The van der Waals surface area contributed by atoms with E-state index in [1.807, 2.05) is 60.7 Å². The molecule has 3 aromatic carbocycles. The first-order valence-electron chi connectivity index (χ1n) is 10.5. The van der Waals surface area contributed by atoms with E-state index in [4.69, 9.17) is 0 Å². The average Bonchev–Trinajstić information content (AvgIpc) is 3.05. The predicted molar refractivity (Wildman–Crippen MR) is 120 cm³/mol. The van der Waals surface area contributed by atoms with E-state index in [0.717, 1.165) is 17.8 Å². The molecule has 0 N–H and O–H groups in total. The van der Waals surface area contributed by atoms with Crippen LogP contribution in [0, 0.1) is 0 Å². The number of amides is 3. The van der Waals surface area contributed by atoms with Gasteiger partial charge in [-0.15, -0.1) is 0 Å². The van der Waals surface area contributed by atoms with Crippen LogP contribution in [-0.4, -0.2) is 29.2 Å². The molecule has 0 saturated carbocycles. The molecule has 0 spiro atoms. The molecule has 3 amide bonds. The van der Waals surface area contributed by atoms with E-state index >= 15 is 0 Å². The van der Waals surface area contributed by atoms with Crippen LogP contribution in [0.15, 0.2) is 84.9 Å². The summed E-state index contributed by atoms with van der Waals surface area (Å²) in [7, 11) is 0. The standard InChI is InChI=1S/C26H24N2O3/c29-24(28(20-12-4-1-5-13-20)21-14-6-2-7-15-21)18-8-3-11-19-27-25(30)22-16-9-10-17-23(22)26(27)31/h1-2,4-7,9-10,12-17H,3,8,11,18-19H2. The number of carbonyl (C=O) groups is 3. The molecule has 0 fully saturated rings. The highest BCUT2D eigenvalue weighted by atomic mass is 16.2. The molecule has 0 aliphatic carbocycles. The van der Waals surface area contributed by atoms with Crippen molar-refractivity contribution < 1.29 is 14.4 Å². The van der Waals surface area contributed by atoms with Gasteiger partial charge in [0.25, 0.3) is 11.8 Å². The van der Waals surface area contributed by atoms with Crippen molar-refractivity contribution in [3.05, 3.63) is 96.1 Å². The van der Waals surface area contributed by atoms with Crippen LogP contribution in [0.3, 0.4) is 0 Å². The Balaban J connectivity index is 1.31. The lowest BCUT2D eigenvalue weighted by Crippen LogP contribution is -2.30. The summed E-state index contributed by atoms with van der Waals surface area (Å²) in [4.78, 5) is 40.9. The first kappa shape index (κ1) is 20.5. The van der Waals surface area contributed by atoms with Gasteiger partial charge in [0.15, 0.2) is 0 Å². The van der Waals surface area contributed by atoms with E-state index in [-0.39, 0.29) is 17.7 Å². The summed E-state index contributed by atoms with van der Waals surface area (Å²) in [5.41, 5.74) is 2.63. The molecule has 5 nitrogen and oxygen atoms in total. The normalized spacial score (nSPS) is 12.7. The molecule has 0 radical (unpaired) electrons. The fourth-order valence-corrected chi connectivity index (χ4v) is 3.87. The number of unbranched alkanes of at least 4 members (excludes halogenated alkanes) is 2. The number of anilines is 2. The Hall–Kier alpha value is -3.73.